The van der Waals surface area contributed by atoms with Crippen molar-refractivity contribution in [2.24, 2.45) is 5.92 Å². The average Bonchev–Trinajstić information content (AvgIpc) is 2.67. The lowest BCUT2D eigenvalue weighted by atomic mass is 9.95. The SMILES string of the molecule is CC(C[P+](c1ccccc1)(c1ccccc1)c1ccccc1)C(C)(C)O.[I-]. The highest BCUT2D eigenvalue weighted by molar-refractivity contribution is 7.95. The van der Waals surface area contributed by atoms with E-state index in [1.165, 1.54) is 15.9 Å². The molecule has 0 amide bonds. The van der Waals surface area contributed by atoms with E-state index >= 15 is 0 Å². The van der Waals surface area contributed by atoms with Crippen LogP contribution in [0.1, 0.15) is 20.8 Å². The van der Waals surface area contributed by atoms with E-state index in [1.54, 1.807) is 0 Å². The van der Waals surface area contributed by atoms with Crippen molar-refractivity contribution in [2.45, 2.75) is 26.4 Å². The smallest absolute Gasteiger partial charge is 0.112 e. The van der Waals surface area contributed by atoms with Crippen molar-refractivity contribution in [1.82, 2.24) is 0 Å². The number of hydrogen-bond donors (Lipinski definition) is 1. The van der Waals surface area contributed by atoms with Gasteiger partial charge in [-0.2, -0.15) is 0 Å². The van der Waals surface area contributed by atoms with E-state index in [0.29, 0.717) is 0 Å². The quantitative estimate of drug-likeness (QED) is 0.409. The number of aliphatic hydroxyl groups is 1. The molecule has 0 radical (unpaired) electrons. The normalized spacial score (nSPS) is 12.9. The molecule has 142 valence electrons. The predicted molar refractivity (Wildman–Crippen MR) is 115 cm³/mol. The molecule has 0 heterocycles. The summed E-state index contributed by atoms with van der Waals surface area (Å²) >= 11 is 0. The summed E-state index contributed by atoms with van der Waals surface area (Å²) in [5.41, 5.74) is -0.719. The molecule has 0 aromatic heterocycles. The lowest BCUT2D eigenvalue weighted by Gasteiger charge is -2.34. The second-order valence-electron chi connectivity index (χ2n) is 7.55. The van der Waals surface area contributed by atoms with Crippen molar-refractivity contribution >= 4 is 23.2 Å². The molecule has 1 N–H and O–H groups in total. The highest BCUT2D eigenvalue weighted by Crippen LogP contribution is 2.57. The van der Waals surface area contributed by atoms with Gasteiger partial charge in [0, 0.05) is 5.92 Å². The molecule has 1 atom stereocenters. The van der Waals surface area contributed by atoms with E-state index in [2.05, 4.69) is 97.9 Å². The van der Waals surface area contributed by atoms with Crippen LogP contribution < -0.4 is 39.9 Å². The molecular formula is C24H28IOP. The van der Waals surface area contributed by atoms with Gasteiger partial charge in [-0.3, -0.25) is 0 Å². The molecule has 0 aliphatic rings. The van der Waals surface area contributed by atoms with Crippen LogP contribution in [0.15, 0.2) is 91.0 Å². The van der Waals surface area contributed by atoms with Gasteiger partial charge in [-0.15, -0.1) is 0 Å². The first kappa shape index (κ1) is 22.1. The fraction of sp³-hybridized carbons (Fsp3) is 0.250. The van der Waals surface area contributed by atoms with Crippen molar-refractivity contribution in [1.29, 1.82) is 0 Å². The fourth-order valence-corrected chi connectivity index (χ4v) is 8.28. The van der Waals surface area contributed by atoms with Gasteiger partial charge in [0.05, 0.1) is 11.8 Å². The molecule has 0 aliphatic heterocycles. The maximum Gasteiger partial charge on any atom is 0.112 e. The first-order valence-corrected chi connectivity index (χ1v) is 11.2. The molecule has 0 aliphatic carbocycles. The molecule has 1 nitrogen and oxygen atoms in total. The highest BCUT2D eigenvalue weighted by atomic mass is 127. The maximum atomic E-state index is 10.7. The molecule has 27 heavy (non-hydrogen) atoms. The minimum atomic E-state index is -1.87. The number of rotatable bonds is 6. The van der Waals surface area contributed by atoms with Crippen LogP contribution in [0, 0.1) is 5.92 Å². The Bertz CT molecular complexity index is 717. The molecule has 3 aromatic carbocycles. The molecule has 3 heteroatoms. The predicted octanol–water partition coefficient (Wildman–Crippen LogP) is 1.39. The van der Waals surface area contributed by atoms with Crippen LogP contribution in [-0.4, -0.2) is 16.9 Å². The summed E-state index contributed by atoms with van der Waals surface area (Å²) in [4.78, 5) is 0. The Balaban J connectivity index is 0.00000261. The Kier molecular flexibility index (Phi) is 7.62. The second kappa shape index (κ2) is 9.32. The minimum Gasteiger partial charge on any atom is -1.00 e. The van der Waals surface area contributed by atoms with Crippen molar-refractivity contribution in [3.63, 3.8) is 0 Å². The molecule has 0 saturated heterocycles. The Morgan fingerprint density at radius 2 is 1.00 bits per heavy atom. The van der Waals surface area contributed by atoms with Gasteiger partial charge in [0.2, 0.25) is 0 Å². The Hall–Kier alpha value is -1.22. The largest absolute Gasteiger partial charge is 1.00 e. The molecule has 3 rings (SSSR count). The van der Waals surface area contributed by atoms with Gasteiger partial charge >= 0.3 is 0 Å². The average molecular weight is 490 g/mol. The Morgan fingerprint density at radius 1 is 0.704 bits per heavy atom. The first-order chi connectivity index (χ1) is 12.4. The molecule has 0 bridgehead atoms. The lowest BCUT2D eigenvalue weighted by molar-refractivity contribution is -0.0000179. The van der Waals surface area contributed by atoms with Crippen LogP contribution >= 0.6 is 7.26 Å². The zero-order chi connectivity index (χ0) is 18.6. The molecular weight excluding hydrogens is 462 g/mol. The zero-order valence-corrected chi connectivity index (χ0v) is 19.3. The van der Waals surface area contributed by atoms with Crippen molar-refractivity contribution in [3.05, 3.63) is 91.0 Å². The Labute approximate surface area is 181 Å². The van der Waals surface area contributed by atoms with Crippen molar-refractivity contribution in [2.75, 3.05) is 6.16 Å². The highest BCUT2D eigenvalue weighted by Gasteiger charge is 2.48. The monoisotopic (exact) mass is 490 g/mol. The van der Waals surface area contributed by atoms with E-state index in [-0.39, 0.29) is 29.9 Å². The zero-order valence-electron chi connectivity index (χ0n) is 16.2. The van der Waals surface area contributed by atoms with Crippen LogP contribution in [0.5, 0.6) is 0 Å². The Morgan fingerprint density at radius 3 is 1.26 bits per heavy atom. The van der Waals surface area contributed by atoms with Crippen molar-refractivity contribution in [3.8, 4) is 0 Å². The summed E-state index contributed by atoms with van der Waals surface area (Å²) in [5.74, 6) is 0.163. The maximum absolute atomic E-state index is 10.7. The molecule has 0 spiro atoms. The van der Waals surface area contributed by atoms with E-state index in [0.717, 1.165) is 6.16 Å². The first-order valence-electron chi connectivity index (χ1n) is 9.22. The number of benzene rings is 3. The van der Waals surface area contributed by atoms with E-state index in [9.17, 15) is 5.11 Å². The summed E-state index contributed by atoms with van der Waals surface area (Å²) < 4.78 is 0. The topological polar surface area (TPSA) is 20.2 Å². The van der Waals surface area contributed by atoms with Gasteiger partial charge in [0.15, 0.2) is 0 Å². The summed E-state index contributed by atoms with van der Waals surface area (Å²) in [7, 11) is -1.87. The van der Waals surface area contributed by atoms with Gasteiger partial charge in [0.25, 0.3) is 0 Å². The summed E-state index contributed by atoms with van der Waals surface area (Å²) in [6.45, 7) is 6.02. The second-order valence-corrected chi connectivity index (χ2v) is 11.1. The third kappa shape index (κ3) is 4.80. The van der Waals surface area contributed by atoms with Crippen molar-refractivity contribution < 1.29 is 29.1 Å². The molecule has 1 unspecified atom stereocenters. The molecule has 0 fully saturated rings. The standard InChI is InChI=1S/C24H28OP.HI/c1-20(24(2,3)25)19-26(21-13-7-4-8-14-21,22-15-9-5-10-16-22)23-17-11-6-12-18-23;/h4-18,20,25H,19H2,1-3H3;1H/q+1;/p-1. The molecule has 3 aromatic rings. The van der Waals surface area contributed by atoms with Gasteiger partial charge in [0.1, 0.15) is 23.2 Å². The fourth-order valence-electron chi connectivity index (χ4n) is 3.45. The summed E-state index contributed by atoms with van der Waals surface area (Å²) in [5, 5.41) is 14.8. The third-order valence-electron chi connectivity index (χ3n) is 5.34. The van der Waals surface area contributed by atoms with Crippen LogP contribution in [0.3, 0.4) is 0 Å². The van der Waals surface area contributed by atoms with Gasteiger partial charge in [-0.25, -0.2) is 0 Å². The number of hydrogen-bond acceptors (Lipinski definition) is 1. The van der Waals surface area contributed by atoms with Gasteiger partial charge in [-0.05, 0) is 50.2 Å². The number of halogens is 1. The summed E-state index contributed by atoms with van der Waals surface area (Å²) in [6, 6.07) is 32.5. The van der Waals surface area contributed by atoms with Gasteiger partial charge < -0.3 is 29.1 Å². The van der Waals surface area contributed by atoms with Crippen LogP contribution in [0.2, 0.25) is 0 Å². The van der Waals surface area contributed by atoms with Crippen LogP contribution in [0.25, 0.3) is 0 Å². The van der Waals surface area contributed by atoms with Gasteiger partial charge in [-0.1, -0.05) is 61.5 Å². The summed E-state index contributed by atoms with van der Waals surface area (Å²) in [6.07, 6.45) is 0.939. The van der Waals surface area contributed by atoms with E-state index < -0.39 is 12.9 Å². The molecule has 0 saturated carbocycles. The minimum absolute atomic E-state index is 0. The van der Waals surface area contributed by atoms with Crippen LogP contribution in [0.4, 0.5) is 0 Å². The third-order valence-corrected chi connectivity index (χ3v) is 9.98. The van der Waals surface area contributed by atoms with E-state index in [4.69, 9.17) is 0 Å². The van der Waals surface area contributed by atoms with Crippen LogP contribution in [-0.2, 0) is 0 Å². The van der Waals surface area contributed by atoms with E-state index in [1.807, 2.05) is 13.8 Å². The lowest BCUT2D eigenvalue weighted by Crippen LogP contribution is -3.00.